The fourth-order valence-electron chi connectivity index (χ4n) is 3.30. The van der Waals surface area contributed by atoms with Gasteiger partial charge >= 0.3 is 0 Å². The molecule has 1 fully saturated rings. The van der Waals surface area contributed by atoms with Crippen molar-refractivity contribution >= 4 is 0 Å². The maximum atomic E-state index is 13.5. The van der Waals surface area contributed by atoms with Crippen molar-refractivity contribution in [3.05, 3.63) is 69.4 Å². The summed E-state index contributed by atoms with van der Waals surface area (Å²) in [5.74, 6) is 0.293. The molecule has 0 bridgehead atoms. The van der Waals surface area contributed by atoms with Crippen molar-refractivity contribution in [3.8, 4) is 0 Å². The van der Waals surface area contributed by atoms with Gasteiger partial charge in [0.1, 0.15) is 5.82 Å². The van der Waals surface area contributed by atoms with Crippen LogP contribution in [0.1, 0.15) is 35.4 Å². The van der Waals surface area contributed by atoms with Crippen LogP contribution in [0.3, 0.4) is 0 Å². The number of piperidine rings is 1. The van der Waals surface area contributed by atoms with Crippen LogP contribution >= 0.6 is 0 Å². The number of pyridine rings is 1. The fourth-order valence-corrected chi connectivity index (χ4v) is 3.30. The number of aromatic nitrogens is 1. The molecule has 0 radical (unpaired) electrons. The topological polar surface area (TPSA) is 36.1 Å². The Hall–Kier alpha value is -1.94. The molecule has 1 aliphatic heterocycles. The van der Waals surface area contributed by atoms with E-state index in [4.69, 9.17) is 0 Å². The number of nitrogens with one attached hydrogen (secondary N) is 1. The Kier molecular flexibility index (Phi) is 4.39. The van der Waals surface area contributed by atoms with Crippen molar-refractivity contribution in [2.24, 2.45) is 0 Å². The van der Waals surface area contributed by atoms with Crippen LogP contribution in [0.5, 0.6) is 0 Å². The van der Waals surface area contributed by atoms with E-state index < -0.39 is 0 Å². The van der Waals surface area contributed by atoms with Gasteiger partial charge in [-0.1, -0.05) is 6.07 Å². The third-order valence-electron chi connectivity index (χ3n) is 4.37. The van der Waals surface area contributed by atoms with E-state index >= 15 is 0 Å². The van der Waals surface area contributed by atoms with Gasteiger partial charge in [0.05, 0.1) is 0 Å². The summed E-state index contributed by atoms with van der Waals surface area (Å²) in [4.78, 5) is 16.4. The van der Waals surface area contributed by atoms with Crippen LogP contribution in [0, 0.1) is 12.7 Å². The van der Waals surface area contributed by atoms with Gasteiger partial charge < -0.3 is 4.98 Å². The molecule has 0 amide bonds. The molecule has 1 aliphatic rings. The van der Waals surface area contributed by atoms with Crippen molar-refractivity contribution in [1.82, 2.24) is 9.88 Å². The maximum Gasteiger partial charge on any atom is 0.248 e. The van der Waals surface area contributed by atoms with Gasteiger partial charge in [-0.15, -0.1) is 0 Å². The van der Waals surface area contributed by atoms with Gasteiger partial charge in [0.25, 0.3) is 0 Å². The molecular weight excluding hydrogens is 279 g/mol. The average Bonchev–Trinajstić information content (AvgIpc) is 2.47. The Morgan fingerprint density at radius 3 is 2.68 bits per heavy atom. The molecule has 0 aliphatic carbocycles. The van der Waals surface area contributed by atoms with Gasteiger partial charge in [0.15, 0.2) is 0 Å². The van der Waals surface area contributed by atoms with Crippen LogP contribution in [0.2, 0.25) is 0 Å². The highest BCUT2D eigenvalue weighted by atomic mass is 19.1. The van der Waals surface area contributed by atoms with E-state index in [2.05, 4.69) is 9.88 Å². The predicted molar refractivity (Wildman–Crippen MR) is 85.5 cm³/mol. The molecule has 0 saturated carbocycles. The van der Waals surface area contributed by atoms with Gasteiger partial charge in [-0.3, -0.25) is 9.69 Å². The van der Waals surface area contributed by atoms with Crippen LogP contribution in [0.15, 0.2) is 41.3 Å². The van der Waals surface area contributed by atoms with Crippen molar-refractivity contribution < 1.29 is 4.39 Å². The van der Waals surface area contributed by atoms with E-state index in [-0.39, 0.29) is 11.4 Å². The lowest BCUT2D eigenvalue weighted by molar-refractivity contribution is 0.204. The molecule has 3 nitrogen and oxygen atoms in total. The Morgan fingerprint density at radius 1 is 1.23 bits per heavy atom. The first kappa shape index (κ1) is 15.0. The van der Waals surface area contributed by atoms with Gasteiger partial charge in [0.2, 0.25) is 5.56 Å². The fraction of sp³-hybridized carbons (Fsp3) is 0.389. The normalized spacial score (nSPS) is 16.8. The number of aromatic amines is 1. The number of H-pyrrole nitrogens is 1. The SMILES string of the molecule is Cc1cc(F)cc(CN2CCC(c3cc[nH]c(=O)c3)CC2)c1. The van der Waals surface area contributed by atoms with E-state index in [0.717, 1.165) is 49.2 Å². The second kappa shape index (κ2) is 6.44. The molecule has 1 N–H and O–H groups in total. The molecule has 2 aromatic rings. The standard InChI is InChI=1S/C18H21FN2O/c1-13-8-14(10-17(19)9-13)12-21-6-3-15(4-7-21)16-2-5-20-18(22)11-16/h2,5,8-11,15H,3-4,6-7,12H2,1H3,(H,20,22). The first-order chi connectivity index (χ1) is 10.6. The third kappa shape index (κ3) is 3.63. The van der Waals surface area contributed by atoms with Crippen LogP contribution in [0.4, 0.5) is 4.39 Å². The zero-order chi connectivity index (χ0) is 15.5. The zero-order valence-electron chi connectivity index (χ0n) is 12.8. The Morgan fingerprint density at radius 2 is 2.00 bits per heavy atom. The zero-order valence-corrected chi connectivity index (χ0v) is 12.8. The summed E-state index contributed by atoms with van der Waals surface area (Å²) < 4.78 is 13.5. The smallest absolute Gasteiger partial charge is 0.248 e. The minimum atomic E-state index is -0.159. The van der Waals surface area contributed by atoms with Crippen molar-refractivity contribution in [1.29, 1.82) is 0 Å². The Bertz CT molecular complexity index is 682. The highest BCUT2D eigenvalue weighted by Crippen LogP contribution is 2.27. The highest BCUT2D eigenvalue weighted by molar-refractivity contribution is 5.23. The van der Waals surface area contributed by atoms with Crippen LogP contribution in [-0.4, -0.2) is 23.0 Å². The van der Waals surface area contributed by atoms with Crippen molar-refractivity contribution in [2.75, 3.05) is 13.1 Å². The second-order valence-corrected chi connectivity index (χ2v) is 6.17. The third-order valence-corrected chi connectivity index (χ3v) is 4.37. The molecule has 4 heteroatoms. The monoisotopic (exact) mass is 300 g/mol. The summed E-state index contributed by atoms with van der Waals surface area (Å²) in [5, 5.41) is 0. The van der Waals surface area contributed by atoms with E-state index in [1.165, 1.54) is 0 Å². The summed E-state index contributed by atoms with van der Waals surface area (Å²) in [5.41, 5.74) is 3.10. The lowest BCUT2D eigenvalue weighted by atomic mass is 9.90. The number of hydrogen-bond donors (Lipinski definition) is 1. The number of benzene rings is 1. The lowest BCUT2D eigenvalue weighted by Crippen LogP contribution is -2.32. The molecule has 1 saturated heterocycles. The van der Waals surface area contributed by atoms with Crippen molar-refractivity contribution in [3.63, 3.8) is 0 Å². The van der Waals surface area contributed by atoms with Gasteiger partial charge in [0, 0.05) is 18.8 Å². The van der Waals surface area contributed by atoms with E-state index in [9.17, 15) is 9.18 Å². The van der Waals surface area contributed by atoms with E-state index in [1.54, 1.807) is 24.4 Å². The summed E-state index contributed by atoms with van der Waals surface area (Å²) in [6, 6.07) is 8.93. The number of hydrogen-bond acceptors (Lipinski definition) is 2. The Balaban J connectivity index is 1.61. The van der Waals surface area contributed by atoms with Crippen molar-refractivity contribution in [2.45, 2.75) is 32.2 Å². The molecule has 2 heterocycles. The molecule has 0 spiro atoms. The Labute approximate surface area is 129 Å². The van der Waals surface area contributed by atoms with Gasteiger partial charge in [-0.2, -0.15) is 0 Å². The molecule has 1 aromatic heterocycles. The molecule has 22 heavy (non-hydrogen) atoms. The molecular formula is C18H21FN2O. The minimum absolute atomic E-state index is 0.0323. The lowest BCUT2D eigenvalue weighted by Gasteiger charge is -2.32. The molecule has 116 valence electrons. The maximum absolute atomic E-state index is 13.5. The number of nitrogens with zero attached hydrogens (tertiary/aromatic N) is 1. The second-order valence-electron chi connectivity index (χ2n) is 6.17. The first-order valence-corrected chi connectivity index (χ1v) is 7.77. The molecule has 0 unspecified atom stereocenters. The van der Waals surface area contributed by atoms with Crippen LogP contribution < -0.4 is 5.56 Å². The predicted octanol–water partition coefficient (Wildman–Crippen LogP) is 3.20. The molecule has 1 aromatic carbocycles. The largest absolute Gasteiger partial charge is 0.329 e. The van der Waals surface area contributed by atoms with Gasteiger partial charge in [-0.25, -0.2) is 4.39 Å². The average molecular weight is 300 g/mol. The van der Waals surface area contributed by atoms with Crippen LogP contribution in [-0.2, 0) is 6.54 Å². The first-order valence-electron chi connectivity index (χ1n) is 7.77. The van der Waals surface area contributed by atoms with Gasteiger partial charge in [-0.05, 0) is 73.7 Å². The van der Waals surface area contributed by atoms with E-state index in [0.29, 0.717) is 5.92 Å². The minimum Gasteiger partial charge on any atom is -0.329 e. The molecule has 3 rings (SSSR count). The number of likely N-dealkylation sites (tertiary alicyclic amines) is 1. The number of halogens is 1. The number of rotatable bonds is 3. The summed E-state index contributed by atoms with van der Waals surface area (Å²) in [6.45, 7) is 4.67. The van der Waals surface area contributed by atoms with E-state index in [1.807, 2.05) is 19.1 Å². The summed E-state index contributed by atoms with van der Waals surface area (Å²) in [6.07, 6.45) is 3.80. The number of aryl methyl sites for hydroxylation is 1. The van der Waals surface area contributed by atoms with Crippen LogP contribution in [0.25, 0.3) is 0 Å². The highest BCUT2D eigenvalue weighted by Gasteiger charge is 2.21. The summed E-state index contributed by atoms with van der Waals surface area (Å²) >= 11 is 0. The molecule has 0 atom stereocenters. The summed E-state index contributed by atoms with van der Waals surface area (Å²) in [7, 11) is 0. The quantitative estimate of drug-likeness (QED) is 0.945.